The van der Waals surface area contributed by atoms with Gasteiger partial charge in [-0.25, -0.2) is 10.9 Å². The Kier molecular flexibility index (Phi) is 3.79. The number of rotatable bonds is 2. The van der Waals surface area contributed by atoms with E-state index in [1.165, 1.54) is 0 Å². The second-order valence-electron chi connectivity index (χ2n) is 4.02. The minimum atomic E-state index is -0.225. The lowest BCUT2D eigenvalue weighted by atomic mass is 10.1. The second kappa shape index (κ2) is 5.33. The summed E-state index contributed by atoms with van der Waals surface area (Å²) in [6.45, 7) is 1.98. The molecule has 2 aromatic rings. The summed E-state index contributed by atoms with van der Waals surface area (Å²) in [5.74, 6) is 5.60. The lowest BCUT2D eigenvalue weighted by Crippen LogP contribution is -2.37. The Morgan fingerprint density at radius 3 is 2.17 bits per heavy atom. The zero-order valence-corrected chi connectivity index (χ0v) is 11.5. The fourth-order valence-electron chi connectivity index (χ4n) is 1.55. The Morgan fingerprint density at radius 2 is 1.61 bits per heavy atom. The van der Waals surface area contributed by atoms with Crippen LogP contribution in [0, 0.1) is 6.92 Å². The van der Waals surface area contributed by atoms with Crippen molar-refractivity contribution in [3.8, 4) is 0 Å². The average molecular weight is 305 g/mol. The Balaban J connectivity index is 2.23. The van der Waals surface area contributed by atoms with E-state index in [9.17, 15) is 4.79 Å². The molecule has 4 heteroatoms. The zero-order chi connectivity index (χ0) is 13.1. The standard InChI is InChI=1S/C14H13BrN2O/c1-10-2-4-11(5-3-10)14(18)17(16)13-8-6-12(15)7-9-13/h2-9H,16H2,1H3. The van der Waals surface area contributed by atoms with Crippen molar-refractivity contribution in [2.24, 2.45) is 5.84 Å². The van der Waals surface area contributed by atoms with Gasteiger partial charge in [-0.05, 0) is 43.3 Å². The number of nitrogens with zero attached hydrogens (tertiary/aromatic N) is 1. The van der Waals surface area contributed by atoms with Crippen molar-refractivity contribution < 1.29 is 4.79 Å². The number of anilines is 1. The fraction of sp³-hybridized carbons (Fsp3) is 0.0714. The number of hydrogen-bond acceptors (Lipinski definition) is 2. The van der Waals surface area contributed by atoms with Gasteiger partial charge in [-0.15, -0.1) is 0 Å². The maximum Gasteiger partial charge on any atom is 0.272 e. The largest absolute Gasteiger partial charge is 0.272 e. The molecule has 2 aromatic carbocycles. The third-order valence-corrected chi connectivity index (χ3v) is 3.15. The maximum atomic E-state index is 12.1. The van der Waals surface area contributed by atoms with E-state index >= 15 is 0 Å². The van der Waals surface area contributed by atoms with Crippen LogP contribution in [0.4, 0.5) is 5.69 Å². The molecule has 0 saturated heterocycles. The van der Waals surface area contributed by atoms with Crippen LogP contribution in [0.5, 0.6) is 0 Å². The summed E-state index contributed by atoms with van der Waals surface area (Å²) < 4.78 is 0.947. The van der Waals surface area contributed by atoms with Gasteiger partial charge < -0.3 is 0 Å². The number of halogens is 1. The molecule has 0 spiro atoms. The summed E-state index contributed by atoms with van der Waals surface area (Å²) in [6, 6.07) is 14.6. The Labute approximate surface area is 114 Å². The summed E-state index contributed by atoms with van der Waals surface area (Å²) in [5.41, 5.74) is 2.34. The highest BCUT2D eigenvalue weighted by Crippen LogP contribution is 2.18. The molecule has 0 bridgehead atoms. The number of hydrazine groups is 1. The first-order chi connectivity index (χ1) is 8.58. The molecule has 2 N–H and O–H groups in total. The minimum absolute atomic E-state index is 0.225. The van der Waals surface area contributed by atoms with E-state index in [2.05, 4.69) is 15.9 Å². The Bertz CT molecular complexity index is 549. The average Bonchev–Trinajstić information content (AvgIpc) is 2.39. The van der Waals surface area contributed by atoms with Gasteiger partial charge in [-0.2, -0.15) is 0 Å². The summed E-state index contributed by atoms with van der Waals surface area (Å²) in [4.78, 5) is 12.1. The highest BCUT2D eigenvalue weighted by Gasteiger charge is 2.13. The fourth-order valence-corrected chi connectivity index (χ4v) is 1.82. The molecule has 0 saturated carbocycles. The van der Waals surface area contributed by atoms with E-state index in [-0.39, 0.29) is 5.91 Å². The SMILES string of the molecule is Cc1ccc(C(=O)N(N)c2ccc(Br)cc2)cc1. The normalized spacial score (nSPS) is 10.2. The molecule has 0 aliphatic rings. The summed E-state index contributed by atoms with van der Waals surface area (Å²) in [6.07, 6.45) is 0. The number of benzene rings is 2. The van der Waals surface area contributed by atoms with Gasteiger partial charge in [0.15, 0.2) is 0 Å². The van der Waals surface area contributed by atoms with Crippen LogP contribution >= 0.6 is 15.9 Å². The quantitative estimate of drug-likeness (QED) is 0.526. The molecule has 92 valence electrons. The first-order valence-corrected chi connectivity index (χ1v) is 6.28. The molecule has 0 aromatic heterocycles. The summed E-state index contributed by atoms with van der Waals surface area (Å²) in [5, 5.41) is 1.15. The van der Waals surface area contributed by atoms with Crippen LogP contribution in [0.25, 0.3) is 0 Å². The molecule has 0 fully saturated rings. The molecule has 0 aliphatic heterocycles. The minimum Gasteiger partial charge on any atom is -0.267 e. The molecule has 0 atom stereocenters. The molecule has 3 nitrogen and oxygen atoms in total. The highest BCUT2D eigenvalue weighted by molar-refractivity contribution is 9.10. The van der Waals surface area contributed by atoms with E-state index in [1.54, 1.807) is 24.3 Å². The van der Waals surface area contributed by atoms with Crippen LogP contribution in [0.15, 0.2) is 53.0 Å². The van der Waals surface area contributed by atoms with E-state index in [4.69, 9.17) is 5.84 Å². The van der Waals surface area contributed by atoms with Gasteiger partial charge in [0.05, 0.1) is 5.69 Å². The van der Waals surface area contributed by atoms with Gasteiger partial charge in [0.1, 0.15) is 0 Å². The van der Waals surface area contributed by atoms with Crippen LogP contribution in [0.1, 0.15) is 15.9 Å². The first-order valence-electron chi connectivity index (χ1n) is 5.49. The Morgan fingerprint density at radius 1 is 1.06 bits per heavy atom. The van der Waals surface area contributed by atoms with E-state index in [0.29, 0.717) is 11.3 Å². The summed E-state index contributed by atoms with van der Waals surface area (Å²) in [7, 11) is 0. The molecule has 2 rings (SSSR count). The van der Waals surface area contributed by atoms with E-state index < -0.39 is 0 Å². The zero-order valence-electron chi connectivity index (χ0n) is 9.93. The van der Waals surface area contributed by atoms with Crippen molar-refractivity contribution >= 4 is 27.5 Å². The number of hydrogen-bond donors (Lipinski definition) is 1. The molecule has 1 amide bonds. The predicted molar refractivity (Wildman–Crippen MR) is 76.3 cm³/mol. The predicted octanol–water partition coefficient (Wildman–Crippen LogP) is 3.28. The van der Waals surface area contributed by atoms with E-state index in [1.807, 2.05) is 31.2 Å². The van der Waals surface area contributed by atoms with Gasteiger partial charge in [0.25, 0.3) is 5.91 Å². The monoisotopic (exact) mass is 304 g/mol. The second-order valence-corrected chi connectivity index (χ2v) is 4.93. The first kappa shape index (κ1) is 12.8. The van der Waals surface area contributed by atoms with Crippen LogP contribution in [-0.2, 0) is 0 Å². The Hall–Kier alpha value is -1.65. The maximum absolute atomic E-state index is 12.1. The molecule has 0 radical (unpaired) electrons. The topological polar surface area (TPSA) is 46.3 Å². The lowest BCUT2D eigenvalue weighted by molar-refractivity contribution is 0.0987. The number of carbonyl (C=O) groups is 1. The number of amides is 1. The van der Waals surface area contributed by atoms with Crippen molar-refractivity contribution in [1.29, 1.82) is 0 Å². The summed E-state index contributed by atoms with van der Waals surface area (Å²) >= 11 is 3.34. The van der Waals surface area contributed by atoms with Crippen LogP contribution < -0.4 is 10.9 Å². The molecule has 0 aliphatic carbocycles. The highest BCUT2D eigenvalue weighted by atomic mass is 79.9. The third-order valence-electron chi connectivity index (χ3n) is 2.62. The van der Waals surface area contributed by atoms with Gasteiger partial charge in [-0.3, -0.25) is 4.79 Å². The van der Waals surface area contributed by atoms with E-state index in [0.717, 1.165) is 15.0 Å². The van der Waals surface area contributed by atoms with Crippen LogP contribution in [0.3, 0.4) is 0 Å². The van der Waals surface area contributed by atoms with Crippen molar-refractivity contribution in [3.05, 3.63) is 64.1 Å². The van der Waals surface area contributed by atoms with Crippen molar-refractivity contribution in [1.82, 2.24) is 0 Å². The number of nitrogens with two attached hydrogens (primary N) is 1. The van der Waals surface area contributed by atoms with Gasteiger partial charge >= 0.3 is 0 Å². The van der Waals surface area contributed by atoms with Crippen LogP contribution in [-0.4, -0.2) is 5.91 Å². The van der Waals surface area contributed by atoms with Crippen molar-refractivity contribution in [2.75, 3.05) is 5.01 Å². The molecule has 0 unspecified atom stereocenters. The number of aryl methyl sites for hydroxylation is 1. The van der Waals surface area contributed by atoms with Crippen molar-refractivity contribution in [2.45, 2.75) is 6.92 Å². The molecule has 18 heavy (non-hydrogen) atoms. The molecule has 0 heterocycles. The van der Waals surface area contributed by atoms with Gasteiger partial charge in [0, 0.05) is 10.0 Å². The van der Waals surface area contributed by atoms with Gasteiger partial charge in [-0.1, -0.05) is 33.6 Å². The number of carbonyl (C=O) groups excluding carboxylic acids is 1. The van der Waals surface area contributed by atoms with Gasteiger partial charge in [0.2, 0.25) is 0 Å². The third kappa shape index (κ3) is 2.78. The molecular formula is C14H13BrN2O. The smallest absolute Gasteiger partial charge is 0.267 e. The van der Waals surface area contributed by atoms with Crippen LogP contribution in [0.2, 0.25) is 0 Å². The molecular weight excluding hydrogens is 292 g/mol. The van der Waals surface area contributed by atoms with Crippen molar-refractivity contribution in [3.63, 3.8) is 0 Å². The lowest BCUT2D eigenvalue weighted by Gasteiger charge is -2.16.